The highest BCUT2D eigenvalue weighted by atomic mass is 35.5. The zero-order chi connectivity index (χ0) is 10.1. The summed E-state index contributed by atoms with van der Waals surface area (Å²) in [6.07, 6.45) is 1.67. The molecule has 76 valence electrons. The van der Waals surface area contributed by atoms with E-state index in [1.54, 1.807) is 6.20 Å². The maximum Gasteiger partial charge on any atom is 0.191 e. The van der Waals surface area contributed by atoms with E-state index in [1.807, 2.05) is 4.90 Å². The van der Waals surface area contributed by atoms with Gasteiger partial charge in [-0.25, -0.2) is 4.98 Å². The maximum absolute atomic E-state index is 5.83. The predicted molar refractivity (Wildman–Crippen MR) is 58.7 cm³/mol. The second kappa shape index (κ2) is 3.74. The average molecular weight is 231 g/mol. The molecule has 0 aromatic carbocycles. The first-order valence-corrected chi connectivity index (χ1v) is 5.59. The molecule has 14 heavy (non-hydrogen) atoms. The molecule has 0 amide bonds. The van der Waals surface area contributed by atoms with Gasteiger partial charge in [-0.2, -0.15) is 0 Å². The van der Waals surface area contributed by atoms with Crippen molar-refractivity contribution in [3.63, 3.8) is 0 Å². The van der Waals surface area contributed by atoms with Crippen LogP contribution in [0.1, 0.15) is 18.0 Å². The van der Waals surface area contributed by atoms with Gasteiger partial charge in [-0.3, -0.25) is 4.99 Å². The van der Waals surface area contributed by atoms with Crippen LogP contribution in [0.25, 0.3) is 0 Å². The van der Waals surface area contributed by atoms with Gasteiger partial charge in [-0.15, -0.1) is 11.3 Å². The fourth-order valence-electron chi connectivity index (χ4n) is 1.54. The lowest BCUT2D eigenvalue weighted by atomic mass is 10.3. The van der Waals surface area contributed by atoms with Gasteiger partial charge >= 0.3 is 0 Å². The Bertz CT molecular complexity index is 362. The number of halogens is 1. The van der Waals surface area contributed by atoms with Gasteiger partial charge in [-0.1, -0.05) is 11.6 Å². The van der Waals surface area contributed by atoms with E-state index < -0.39 is 0 Å². The molecule has 4 nitrogen and oxygen atoms in total. The second-order valence-corrected chi connectivity index (χ2v) is 4.70. The van der Waals surface area contributed by atoms with E-state index in [0.29, 0.717) is 16.8 Å². The number of likely N-dealkylation sites (N-methyl/N-ethyl adjacent to an activating group) is 1. The van der Waals surface area contributed by atoms with Gasteiger partial charge < -0.3 is 10.6 Å². The summed E-state index contributed by atoms with van der Waals surface area (Å²) in [5, 5.41) is 0.987. The minimum Gasteiger partial charge on any atom is -0.370 e. The highest BCUT2D eigenvalue weighted by molar-refractivity contribution is 7.15. The molecule has 1 atom stereocenters. The SMILES string of the molecule is CCN1C(N)=NCC1c1ncc(Cl)s1. The Morgan fingerprint density at radius 1 is 1.79 bits per heavy atom. The van der Waals surface area contributed by atoms with Crippen molar-refractivity contribution < 1.29 is 0 Å². The Kier molecular flexibility index (Phi) is 2.60. The molecule has 0 saturated carbocycles. The lowest BCUT2D eigenvalue weighted by Crippen LogP contribution is -2.35. The van der Waals surface area contributed by atoms with Gasteiger partial charge in [0.25, 0.3) is 0 Å². The Labute approximate surface area is 91.4 Å². The molecule has 0 spiro atoms. The Morgan fingerprint density at radius 2 is 2.57 bits per heavy atom. The van der Waals surface area contributed by atoms with Gasteiger partial charge in [0.2, 0.25) is 0 Å². The first kappa shape index (κ1) is 9.73. The van der Waals surface area contributed by atoms with Crippen LogP contribution in [0.15, 0.2) is 11.2 Å². The second-order valence-electron chi connectivity index (χ2n) is 3.00. The largest absolute Gasteiger partial charge is 0.370 e. The van der Waals surface area contributed by atoms with Crippen LogP contribution < -0.4 is 5.73 Å². The van der Waals surface area contributed by atoms with Gasteiger partial charge in [0.05, 0.1) is 12.7 Å². The minimum absolute atomic E-state index is 0.178. The fourth-order valence-corrected chi connectivity index (χ4v) is 2.58. The zero-order valence-corrected chi connectivity index (χ0v) is 9.35. The molecule has 1 aliphatic rings. The molecule has 1 aliphatic heterocycles. The van der Waals surface area contributed by atoms with Crippen LogP contribution in [0.4, 0.5) is 0 Å². The molecule has 2 heterocycles. The molecule has 0 bridgehead atoms. The first-order chi connectivity index (χ1) is 6.72. The fraction of sp³-hybridized carbons (Fsp3) is 0.500. The summed E-state index contributed by atoms with van der Waals surface area (Å²) in [4.78, 5) is 10.5. The van der Waals surface area contributed by atoms with E-state index in [-0.39, 0.29) is 6.04 Å². The number of thiazole rings is 1. The number of guanidine groups is 1. The van der Waals surface area contributed by atoms with Crippen molar-refractivity contribution in [1.29, 1.82) is 0 Å². The minimum atomic E-state index is 0.178. The molecular formula is C8H11ClN4S. The normalized spacial score (nSPS) is 21.4. The number of hydrogen-bond acceptors (Lipinski definition) is 5. The lowest BCUT2D eigenvalue weighted by molar-refractivity contribution is 0.363. The molecular weight excluding hydrogens is 220 g/mol. The molecule has 2 N–H and O–H groups in total. The average Bonchev–Trinajstić information content (AvgIpc) is 2.71. The first-order valence-electron chi connectivity index (χ1n) is 4.40. The van der Waals surface area contributed by atoms with Crippen LogP contribution in [0.2, 0.25) is 4.34 Å². The molecule has 1 unspecified atom stereocenters. The van der Waals surface area contributed by atoms with Crippen molar-refractivity contribution in [2.45, 2.75) is 13.0 Å². The molecule has 6 heteroatoms. The summed E-state index contributed by atoms with van der Waals surface area (Å²) < 4.78 is 0.710. The van der Waals surface area contributed by atoms with Crippen LogP contribution in [-0.2, 0) is 0 Å². The number of rotatable bonds is 2. The van der Waals surface area contributed by atoms with E-state index in [4.69, 9.17) is 17.3 Å². The molecule has 1 aromatic rings. The summed E-state index contributed by atoms with van der Waals surface area (Å²) in [6.45, 7) is 3.58. The van der Waals surface area contributed by atoms with Crippen LogP contribution >= 0.6 is 22.9 Å². The standard InChI is InChI=1S/C8H11ClN4S/c1-2-13-5(3-12-8(13)10)7-11-4-6(9)14-7/h4-5H,2-3H2,1H3,(H2,10,12). The van der Waals surface area contributed by atoms with Gasteiger partial charge in [-0.05, 0) is 6.92 Å². The highest BCUT2D eigenvalue weighted by Gasteiger charge is 2.28. The Hall–Kier alpha value is -0.810. The monoisotopic (exact) mass is 230 g/mol. The number of nitrogens with zero attached hydrogens (tertiary/aromatic N) is 3. The lowest BCUT2D eigenvalue weighted by Gasteiger charge is -2.22. The van der Waals surface area contributed by atoms with Crippen LogP contribution in [0, 0.1) is 0 Å². The van der Waals surface area contributed by atoms with E-state index >= 15 is 0 Å². The summed E-state index contributed by atoms with van der Waals surface area (Å²) >= 11 is 7.32. The Balaban J connectivity index is 2.21. The third kappa shape index (κ3) is 1.57. The van der Waals surface area contributed by atoms with Crippen molar-refractivity contribution in [3.8, 4) is 0 Å². The Morgan fingerprint density at radius 3 is 3.14 bits per heavy atom. The molecule has 2 rings (SSSR count). The highest BCUT2D eigenvalue weighted by Crippen LogP contribution is 2.30. The number of nitrogens with two attached hydrogens (primary N) is 1. The van der Waals surface area contributed by atoms with E-state index in [1.165, 1.54) is 11.3 Å². The third-order valence-corrected chi connectivity index (χ3v) is 3.43. The molecule has 0 saturated heterocycles. The van der Waals surface area contributed by atoms with Crippen LogP contribution in [0.3, 0.4) is 0 Å². The summed E-state index contributed by atoms with van der Waals surface area (Å²) in [5.74, 6) is 0.601. The maximum atomic E-state index is 5.83. The topological polar surface area (TPSA) is 54.5 Å². The molecule has 1 aromatic heterocycles. The quantitative estimate of drug-likeness (QED) is 0.838. The van der Waals surface area contributed by atoms with Crippen molar-refractivity contribution in [2.75, 3.05) is 13.1 Å². The molecule has 0 radical (unpaired) electrons. The van der Waals surface area contributed by atoms with E-state index in [2.05, 4.69) is 16.9 Å². The summed E-state index contributed by atoms with van der Waals surface area (Å²) in [5.41, 5.74) is 5.74. The smallest absolute Gasteiger partial charge is 0.191 e. The zero-order valence-electron chi connectivity index (χ0n) is 7.77. The van der Waals surface area contributed by atoms with E-state index in [9.17, 15) is 0 Å². The summed E-state index contributed by atoms with van der Waals surface area (Å²) in [6, 6.07) is 0.178. The van der Waals surface area contributed by atoms with Gasteiger partial charge in [0.15, 0.2) is 5.96 Å². The van der Waals surface area contributed by atoms with Crippen molar-refractivity contribution in [2.24, 2.45) is 10.7 Å². The van der Waals surface area contributed by atoms with Crippen LogP contribution in [0.5, 0.6) is 0 Å². The molecule has 0 fully saturated rings. The predicted octanol–water partition coefficient (Wildman–Crippen LogP) is 1.49. The van der Waals surface area contributed by atoms with Crippen molar-refractivity contribution >= 4 is 28.9 Å². The third-order valence-electron chi connectivity index (χ3n) is 2.22. The number of aromatic nitrogens is 1. The van der Waals surface area contributed by atoms with Crippen molar-refractivity contribution in [1.82, 2.24) is 9.88 Å². The van der Waals surface area contributed by atoms with E-state index in [0.717, 1.165) is 11.6 Å². The number of hydrogen-bond donors (Lipinski definition) is 1. The van der Waals surface area contributed by atoms with Gasteiger partial charge in [0, 0.05) is 6.54 Å². The van der Waals surface area contributed by atoms with Crippen molar-refractivity contribution in [3.05, 3.63) is 15.5 Å². The summed E-state index contributed by atoms with van der Waals surface area (Å²) in [7, 11) is 0. The number of aliphatic imine (C=N–C) groups is 1. The van der Waals surface area contributed by atoms with Gasteiger partial charge in [0.1, 0.15) is 15.4 Å². The molecule has 0 aliphatic carbocycles. The van der Waals surface area contributed by atoms with Crippen LogP contribution in [-0.4, -0.2) is 28.9 Å².